The maximum absolute atomic E-state index is 13.7. The monoisotopic (exact) mass is 553 g/mol. The summed E-state index contributed by atoms with van der Waals surface area (Å²) in [6.07, 6.45) is 0.952. The second kappa shape index (κ2) is 10.8. The Bertz CT molecular complexity index is 1330. The van der Waals surface area contributed by atoms with Gasteiger partial charge < -0.3 is 14.4 Å². The fourth-order valence-electron chi connectivity index (χ4n) is 4.39. The van der Waals surface area contributed by atoms with Gasteiger partial charge in [0.1, 0.15) is 9.81 Å². The number of carbonyl (C=O) groups excluding carboxylic acids is 3. The van der Waals surface area contributed by atoms with Crippen molar-refractivity contribution in [3.63, 3.8) is 0 Å². The predicted octanol–water partition coefficient (Wildman–Crippen LogP) is 5.83. The molecule has 2 aromatic rings. The van der Waals surface area contributed by atoms with Gasteiger partial charge in [0.25, 0.3) is 0 Å². The molecule has 0 unspecified atom stereocenters. The van der Waals surface area contributed by atoms with Crippen LogP contribution in [0.5, 0.6) is 0 Å². The van der Waals surface area contributed by atoms with Crippen molar-refractivity contribution in [2.24, 2.45) is 0 Å². The van der Waals surface area contributed by atoms with Crippen LogP contribution in [0, 0.1) is 6.92 Å². The van der Waals surface area contributed by atoms with Gasteiger partial charge in [-0.15, -0.1) is 0 Å². The van der Waals surface area contributed by atoms with E-state index in [0.717, 1.165) is 51.5 Å². The molecular weight excluding hydrogens is 527 g/mol. The van der Waals surface area contributed by atoms with Crippen LogP contribution in [0.15, 0.2) is 62.6 Å². The highest BCUT2D eigenvalue weighted by Crippen LogP contribution is 2.56. The summed E-state index contributed by atoms with van der Waals surface area (Å²) in [6.45, 7) is 5.83. The molecule has 4 rings (SSSR count). The van der Waals surface area contributed by atoms with Gasteiger partial charge in [0.2, 0.25) is 5.91 Å². The Hall–Kier alpha value is -2.88. The van der Waals surface area contributed by atoms with Crippen molar-refractivity contribution in [3.8, 4) is 0 Å². The summed E-state index contributed by atoms with van der Waals surface area (Å²) in [5.41, 5.74) is 3.55. The topological polar surface area (TPSA) is 72.9 Å². The van der Waals surface area contributed by atoms with Crippen LogP contribution in [0.25, 0.3) is 5.57 Å². The number of amides is 1. The van der Waals surface area contributed by atoms with E-state index >= 15 is 0 Å². The van der Waals surface area contributed by atoms with Gasteiger partial charge in [-0.05, 0) is 44.9 Å². The number of rotatable bonds is 5. The molecule has 9 heteroatoms. The van der Waals surface area contributed by atoms with Gasteiger partial charge in [-0.3, -0.25) is 4.79 Å². The predicted molar refractivity (Wildman–Crippen MR) is 153 cm³/mol. The highest BCUT2D eigenvalue weighted by Gasteiger charge is 2.46. The molecule has 2 aliphatic heterocycles. The maximum Gasteiger partial charge on any atom is 0.346 e. The van der Waals surface area contributed by atoms with Crippen LogP contribution >= 0.6 is 35.7 Å². The Morgan fingerprint density at radius 1 is 0.946 bits per heavy atom. The van der Waals surface area contributed by atoms with Crippen LogP contribution in [-0.2, 0) is 30.3 Å². The van der Waals surface area contributed by atoms with E-state index in [4.69, 9.17) is 21.7 Å². The number of benzene rings is 2. The van der Waals surface area contributed by atoms with Gasteiger partial charge in [-0.25, -0.2) is 9.59 Å². The van der Waals surface area contributed by atoms with Crippen LogP contribution < -0.4 is 4.90 Å². The second-order valence-corrected chi connectivity index (χ2v) is 11.8. The van der Waals surface area contributed by atoms with Gasteiger partial charge in [0.15, 0.2) is 0 Å². The number of anilines is 1. The average molecular weight is 554 g/mol. The van der Waals surface area contributed by atoms with Crippen molar-refractivity contribution in [3.05, 3.63) is 79.3 Å². The highest BCUT2D eigenvalue weighted by molar-refractivity contribution is 8.29. The zero-order valence-corrected chi connectivity index (χ0v) is 23.7. The normalized spacial score (nSPS) is 16.6. The molecule has 0 radical (unpaired) electrons. The maximum atomic E-state index is 13.7. The van der Waals surface area contributed by atoms with E-state index in [-0.39, 0.29) is 15.7 Å². The third kappa shape index (κ3) is 5.12. The highest BCUT2D eigenvalue weighted by atomic mass is 32.2. The van der Waals surface area contributed by atoms with Gasteiger partial charge in [-0.1, -0.05) is 77.7 Å². The van der Waals surface area contributed by atoms with Crippen LogP contribution in [0.4, 0.5) is 5.69 Å². The Balaban J connectivity index is 1.80. The fraction of sp³-hybridized carbons (Fsp3) is 0.286. The largest absolute Gasteiger partial charge is 0.465 e. The third-order valence-electron chi connectivity index (χ3n) is 6.27. The molecule has 2 aromatic carbocycles. The Morgan fingerprint density at radius 3 is 2.11 bits per heavy atom. The first kappa shape index (κ1) is 27.2. The Kier molecular flexibility index (Phi) is 7.96. The van der Waals surface area contributed by atoms with Crippen molar-refractivity contribution in [2.45, 2.75) is 39.2 Å². The smallest absolute Gasteiger partial charge is 0.346 e. The average Bonchev–Trinajstić information content (AvgIpc) is 3.33. The van der Waals surface area contributed by atoms with Gasteiger partial charge in [0.05, 0.1) is 34.5 Å². The van der Waals surface area contributed by atoms with Crippen molar-refractivity contribution in [1.82, 2.24) is 0 Å². The third-order valence-corrected chi connectivity index (χ3v) is 9.53. The van der Waals surface area contributed by atoms with E-state index in [2.05, 4.69) is 0 Å². The number of carbonyl (C=O) groups is 3. The first-order chi connectivity index (χ1) is 17.6. The van der Waals surface area contributed by atoms with Crippen molar-refractivity contribution in [2.75, 3.05) is 19.1 Å². The number of hydrogen-bond donors (Lipinski definition) is 0. The molecule has 0 saturated heterocycles. The minimum absolute atomic E-state index is 0.0271. The summed E-state index contributed by atoms with van der Waals surface area (Å²) in [6, 6.07) is 15.8. The molecule has 6 nitrogen and oxygen atoms in total. The lowest BCUT2D eigenvalue weighted by Gasteiger charge is -2.45. The van der Waals surface area contributed by atoms with Crippen LogP contribution in [0.1, 0.15) is 37.0 Å². The molecule has 0 atom stereocenters. The number of thioether (sulfide) groups is 2. The number of methoxy groups -OCH3 is 2. The summed E-state index contributed by atoms with van der Waals surface area (Å²) in [7, 11) is 2.54. The molecular formula is C28H27NO5S3. The molecule has 0 spiro atoms. The van der Waals surface area contributed by atoms with Crippen LogP contribution in [0.2, 0.25) is 0 Å². The second-order valence-electron chi connectivity index (χ2n) is 9.13. The number of thiocarbonyl (C=S) groups is 1. The SMILES string of the molecule is COC(=O)C1=C(C(=O)OC)SC(=C2C(=S)C(C)(C)N(C(=O)CCc3ccccc3)c3ccc(C)cc32)S1. The van der Waals surface area contributed by atoms with Gasteiger partial charge in [0, 0.05) is 17.6 Å². The molecule has 0 aliphatic carbocycles. The van der Waals surface area contributed by atoms with E-state index in [0.29, 0.717) is 21.9 Å². The molecule has 0 fully saturated rings. The number of aryl methyl sites for hydroxylation is 2. The molecule has 2 aliphatic rings. The Morgan fingerprint density at radius 2 is 1.54 bits per heavy atom. The lowest BCUT2D eigenvalue weighted by molar-refractivity contribution is -0.138. The zero-order valence-electron chi connectivity index (χ0n) is 21.2. The van der Waals surface area contributed by atoms with E-state index in [1.165, 1.54) is 14.2 Å². The zero-order chi connectivity index (χ0) is 26.9. The lowest BCUT2D eigenvalue weighted by Crippen LogP contribution is -2.56. The first-order valence-electron chi connectivity index (χ1n) is 11.6. The van der Waals surface area contributed by atoms with Crippen molar-refractivity contribution in [1.29, 1.82) is 0 Å². The molecule has 1 amide bonds. The van der Waals surface area contributed by atoms with E-state index in [1.54, 1.807) is 4.90 Å². The molecule has 0 N–H and O–H groups in total. The van der Waals surface area contributed by atoms with Crippen LogP contribution in [-0.4, -0.2) is 42.5 Å². The minimum Gasteiger partial charge on any atom is -0.465 e. The summed E-state index contributed by atoms with van der Waals surface area (Å²) in [5.74, 6) is -1.26. The number of esters is 2. The fourth-order valence-corrected chi connectivity index (χ4v) is 7.42. The standard InChI is InChI=1S/C28H27NO5S3/c1-16-11-13-19-18(15-16)21(27-36-22(25(31)33-4)23(37-27)26(32)34-5)24(35)28(2,3)29(19)20(30)14-12-17-9-7-6-8-10-17/h6-11,13,15H,12,14H2,1-5H3. The number of ether oxygens (including phenoxy) is 2. The molecule has 0 bridgehead atoms. The van der Waals surface area contributed by atoms with Crippen LogP contribution in [0.3, 0.4) is 0 Å². The summed E-state index contributed by atoms with van der Waals surface area (Å²) in [4.78, 5) is 41.3. The minimum atomic E-state index is -0.825. The summed E-state index contributed by atoms with van der Waals surface area (Å²) < 4.78 is 10.5. The van der Waals surface area contributed by atoms with E-state index in [9.17, 15) is 14.4 Å². The van der Waals surface area contributed by atoms with Crippen molar-refractivity contribution < 1.29 is 23.9 Å². The molecule has 192 valence electrons. The van der Waals surface area contributed by atoms with Crippen molar-refractivity contribution >= 4 is 69.7 Å². The number of fused-ring (bicyclic) bond motifs is 1. The number of nitrogens with zero attached hydrogens (tertiary/aromatic N) is 1. The first-order valence-corrected chi connectivity index (χ1v) is 13.7. The number of hydrogen-bond acceptors (Lipinski definition) is 8. The quantitative estimate of drug-likeness (QED) is 0.260. The molecule has 2 heterocycles. The summed E-state index contributed by atoms with van der Waals surface area (Å²) in [5, 5.41) is 0. The van der Waals surface area contributed by atoms with Gasteiger partial charge in [-0.2, -0.15) is 0 Å². The Labute approximate surface area is 230 Å². The molecule has 0 saturated carbocycles. The van der Waals surface area contributed by atoms with E-state index in [1.807, 2.05) is 69.3 Å². The molecule has 0 aromatic heterocycles. The molecule has 37 heavy (non-hydrogen) atoms. The lowest BCUT2D eigenvalue weighted by atomic mass is 9.82. The summed E-state index contributed by atoms with van der Waals surface area (Å²) >= 11 is 8.33. The van der Waals surface area contributed by atoms with Gasteiger partial charge >= 0.3 is 11.9 Å². The van der Waals surface area contributed by atoms with E-state index < -0.39 is 17.5 Å².